The second-order valence-corrected chi connectivity index (χ2v) is 7.41. The fourth-order valence-corrected chi connectivity index (χ4v) is 2.97. The average Bonchev–Trinajstić information content (AvgIpc) is 2.77. The highest BCUT2D eigenvalue weighted by molar-refractivity contribution is 7.89. The number of rotatable bonds is 6. The first-order valence-electron chi connectivity index (χ1n) is 6.97. The first-order chi connectivity index (χ1) is 10.3. The monoisotopic (exact) mass is 323 g/mol. The number of aromatic nitrogens is 2. The molecule has 6 nitrogen and oxygen atoms in total. The van der Waals surface area contributed by atoms with Gasteiger partial charge >= 0.3 is 0 Å². The van der Waals surface area contributed by atoms with Crippen LogP contribution >= 0.6 is 0 Å². The van der Waals surface area contributed by atoms with Crippen LogP contribution in [0.15, 0.2) is 35.2 Å². The topological polar surface area (TPSA) is 64.4 Å². The summed E-state index contributed by atoms with van der Waals surface area (Å²) in [4.78, 5) is 0.253. The van der Waals surface area contributed by atoms with E-state index in [4.69, 9.17) is 4.74 Å². The number of ether oxygens (including phenoxy) is 1. The molecule has 0 unspecified atom stereocenters. The highest BCUT2D eigenvalue weighted by atomic mass is 32.2. The molecule has 2 rings (SSSR count). The van der Waals surface area contributed by atoms with Gasteiger partial charge in [0.1, 0.15) is 12.4 Å². The zero-order chi connectivity index (χ0) is 16.3. The summed E-state index contributed by atoms with van der Waals surface area (Å²) >= 11 is 0. The average molecular weight is 323 g/mol. The van der Waals surface area contributed by atoms with Gasteiger partial charge < -0.3 is 4.74 Å². The Hall–Kier alpha value is -1.86. The molecule has 0 fully saturated rings. The van der Waals surface area contributed by atoms with Crippen molar-refractivity contribution in [2.75, 3.05) is 20.7 Å². The molecule has 0 aliphatic rings. The van der Waals surface area contributed by atoms with Crippen LogP contribution in [0, 0.1) is 13.8 Å². The van der Waals surface area contributed by atoms with Gasteiger partial charge in [0.2, 0.25) is 10.0 Å². The van der Waals surface area contributed by atoms with Crippen LogP contribution in [0.4, 0.5) is 0 Å². The van der Waals surface area contributed by atoms with Gasteiger partial charge in [-0.05, 0) is 44.2 Å². The Morgan fingerprint density at radius 1 is 1.18 bits per heavy atom. The van der Waals surface area contributed by atoms with E-state index >= 15 is 0 Å². The molecule has 1 aromatic heterocycles. The van der Waals surface area contributed by atoms with E-state index in [0.29, 0.717) is 18.9 Å². The summed E-state index contributed by atoms with van der Waals surface area (Å²) in [5.41, 5.74) is 2.07. The van der Waals surface area contributed by atoms with E-state index in [9.17, 15) is 8.42 Å². The van der Waals surface area contributed by atoms with Crippen LogP contribution in [0.5, 0.6) is 5.75 Å². The van der Waals surface area contributed by atoms with E-state index in [2.05, 4.69) is 5.10 Å². The molecule has 120 valence electrons. The number of benzene rings is 1. The van der Waals surface area contributed by atoms with Gasteiger partial charge in [0, 0.05) is 19.8 Å². The molecule has 0 radical (unpaired) electrons. The SMILES string of the molecule is Cc1cc(C)n(CCOc2ccc(S(=O)(=O)N(C)C)cc2)n1. The van der Waals surface area contributed by atoms with Crippen LogP contribution < -0.4 is 4.74 Å². The normalized spacial score (nSPS) is 11.9. The van der Waals surface area contributed by atoms with E-state index < -0.39 is 10.0 Å². The predicted octanol–water partition coefficient (Wildman–Crippen LogP) is 1.83. The molecule has 0 N–H and O–H groups in total. The van der Waals surface area contributed by atoms with Gasteiger partial charge in [-0.2, -0.15) is 5.10 Å². The zero-order valence-electron chi connectivity index (χ0n) is 13.3. The fourth-order valence-electron chi connectivity index (χ4n) is 2.07. The molecule has 0 amide bonds. The summed E-state index contributed by atoms with van der Waals surface area (Å²) in [6, 6.07) is 8.44. The van der Waals surface area contributed by atoms with Crippen molar-refractivity contribution < 1.29 is 13.2 Å². The first kappa shape index (κ1) is 16.5. The third-order valence-corrected chi connectivity index (χ3v) is 5.11. The molecule has 0 bridgehead atoms. The molecule has 0 aliphatic heterocycles. The van der Waals surface area contributed by atoms with Crippen LogP contribution in [-0.2, 0) is 16.6 Å². The second-order valence-electron chi connectivity index (χ2n) is 5.26. The summed E-state index contributed by atoms with van der Waals surface area (Å²) in [6.07, 6.45) is 0. The van der Waals surface area contributed by atoms with Crippen molar-refractivity contribution in [2.24, 2.45) is 0 Å². The number of nitrogens with zero attached hydrogens (tertiary/aromatic N) is 3. The highest BCUT2D eigenvalue weighted by Crippen LogP contribution is 2.18. The third-order valence-electron chi connectivity index (χ3n) is 3.28. The molecule has 0 spiro atoms. The Balaban J connectivity index is 1.96. The van der Waals surface area contributed by atoms with Crippen molar-refractivity contribution in [3.05, 3.63) is 41.7 Å². The van der Waals surface area contributed by atoms with E-state index in [0.717, 1.165) is 11.4 Å². The van der Waals surface area contributed by atoms with Gasteiger partial charge in [0.25, 0.3) is 0 Å². The molecule has 0 atom stereocenters. The lowest BCUT2D eigenvalue weighted by molar-refractivity contribution is 0.289. The molecule has 7 heteroatoms. The van der Waals surface area contributed by atoms with E-state index in [1.807, 2.05) is 24.6 Å². The molecular weight excluding hydrogens is 302 g/mol. The smallest absolute Gasteiger partial charge is 0.242 e. The molecule has 0 saturated carbocycles. The molecule has 0 aliphatic carbocycles. The maximum absolute atomic E-state index is 12.0. The maximum Gasteiger partial charge on any atom is 0.242 e. The standard InChI is InChI=1S/C15H21N3O3S/c1-12-11-13(2)18(16-12)9-10-21-14-5-7-15(8-6-14)22(19,20)17(3)4/h5-8,11H,9-10H2,1-4H3. The van der Waals surface area contributed by atoms with Gasteiger partial charge in [-0.15, -0.1) is 0 Å². The Bertz CT molecular complexity index is 734. The number of sulfonamides is 1. The van der Waals surface area contributed by atoms with Crippen LogP contribution in [0.3, 0.4) is 0 Å². The minimum Gasteiger partial charge on any atom is -0.492 e. The van der Waals surface area contributed by atoms with Crippen LogP contribution in [0.25, 0.3) is 0 Å². The highest BCUT2D eigenvalue weighted by Gasteiger charge is 2.16. The second kappa shape index (κ2) is 6.50. The van der Waals surface area contributed by atoms with Crippen LogP contribution in [0.1, 0.15) is 11.4 Å². The van der Waals surface area contributed by atoms with Gasteiger partial charge in [0.15, 0.2) is 0 Å². The number of aryl methyl sites for hydroxylation is 2. The lowest BCUT2D eigenvalue weighted by Gasteiger charge is -2.12. The first-order valence-corrected chi connectivity index (χ1v) is 8.41. The van der Waals surface area contributed by atoms with Crippen molar-refractivity contribution in [3.8, 4) is 5.75 Å². The lowest BCUT2D eigenvalue weighted by atomic mass is 10.3. The number of hydrogen-bond donors (Lipinski definition) is 0. The molecule has 0 saturated heterocycles. The number of hydrogen-bond acceptors (Lipinski definition) is 4. The van der Waals surface area contributed by atoms with Gasteiger partial charge in [-0.25, -0.2) is 12.7 Å². The fraction of sp³-hybridized carbons (Fsp3) is 0.400. The Morgan fingerprint density at radius 2 is 1.82 bits per heavy atom. The van der Waals surface area contributed by atoms with Gasteiger partial charge in [-0.1, -0.05) is 0 Å². The van der Waals surface area contributed by atoms with Crippen LogP contribution in [-0.4, -0.2) is 43.2 Å². The summed E-state index contributed by atoms with van der Waals surface area (Å²) in [7, 11) is -0.380. The Labute approximate surface area is 131 Å². The van der Waals surface area contributed by atoms with E-state index in [1.54, 1.807) is 24.3 Å². The van der Waals surface area contributed by atoms with Gasteiger partial charge in [0.05, 0.1) is 17.1 Å². The minimum atomic E-state index is -3.40. The van der Waals surface area contributed by atoms with Crippen molar-refractivity contribution in [2.45, 2.75) is 25.3 Å². The zero-order valence-corrected chi connectivity index (χ0v) is 14.1. The quantitative estimate of drug-likeness (QED) is 0.813. The molecule has 22 heavy (non-hydrogen) atoms. The van der Waals surface area contributed by atoms with Crippen molar-refractivity contribution in [1.82, 2.24) is 14.1 Å². The van der Waals surface area contributed by atoms with Crippen molar-refractivity contribution >= 4 is 10.0 Å². The minimum absolute atomic E-state index is 0.253. The summed E-state index contributed by atoms with van der Waals surface area (Å²) in [5, 5.41) is 4.36. The third kappa shape index (κ3) is 3.66. The van der Waals surface area contributed by atoms with Gasteiger partial charge in [-0.3, -0.25) is 4.68 Å². The predicted molar refractivity (Wildman–Crippen MR) is 84.5 cm³/mol. The van der Waals surface area contributed by atoms with Crippen molar-refractivity contribution in [1.29, 1.82) is 0 Å². The van der Waals surface area contributed by atoms with Crippen molar-refractivity contribution in [3.63, 3.8) is 0 Å². The largest absolute Gasteiger partial charge is 0.492 e. The summed E-state index contributed by atoms with van der Waals surface area (Å²) < 4.78 is 32.6. The van der Waals surface area contributed by atoms with E-state index in [1.165, 1.54) is 18.4 Å². The molecular formula is C15H21N3O3S. The Morgan fingerprint density at radius 3 is 2.32 bits per heavy atom. The molecule has 2 aromatic rings. The Kier molecular flexibility index (Phi) is 4.87. The van der Waals surface area contributed by atoms with E-state index in [-0.39, 0.29) is 4.90 Å². The molecule has 1 heterocycles. The maximum atomic E-state index is 12.0. The van der Waals surface area contributed by atoms with Crippen LogP contribution in [0.2, 0.25) is 0 Å². The summed E-state index contributed by atoms with van der Waals surface area (Å²) in [5.74, 6) is 0.638. The summed E-state index contributed by atoms with van der Waals surface area (Å²) in [6.45, 7) is 5.08. The molecule has 1 aromatic carbocycles. The lowest BCUT2D eigenvalue weighted by Crippen LogP contribution is -2.22.